The predicted octanol–water partition coefficient (Wildman–Crippen LogP) is 4.60. The third kappa shape index (κ3) is 6.03. The van der Waals surface area contributed by atoms with Crippen molar-refractivity contribution in [3.63, 3.8) is 0 Å². The fourth-order valence-electron chi connectivity index (χ4n) is 5.27. The molecule has 2 aromatic carbocycles. The minimum absolute atomic E-state index is 0.00599. The Morgan fingerprint density at radius 2 is 1.89 bits per heavy atom. The number of aliphatic hydroxyl groups is 1. The van der Waals surface area contributed by atoms with Gasteiger partial charge in [0.05, 0.1) is 35.5 Å². The summed E-state index contributed by atoms with van der Waals surface area (Å²) >= 11 is 5.87. The van der Waals surface area contributed by atoms with Gasteiger partial charge in [0.1, 0.15) is 28.7 Å². The van der Waals surface area contributed by atoms with Crippen molar-refractivity contribution >= 4 is 35.3 Å². The van der Waals surface area contributed by atoms with Gasteiger partial charge in [-0.15, -0.1) is 0 Å². The van der Waals surface area contributed by atoms with Gasteiger partial charge < -0.3 is 26.6 Å². The fourth-order valence-corrected chi connectivity index (χ4v) is 5.43. The van der Waals surface area contributed by atoms with Gasteiger partial charge in [0, 0.05) is 34.5 Å². The molecule has 0 unspecified atom stereocenters. The number of hydrogen-bond acceptors (Lipinski definition) is 7. The number of ether oxygens (including phenoxy) is 1. The van der Waals surface area contributed by atoms with Crippen molar-refractivity contribution in [2.45, 2.75) is 43.2 Å². The van der Waals surface area contributed by atoms with Gasteiger partial charge >= 0.3 is 6.55 Å². The number of rotatable bonds is 11. The first-order valence-electron chi connectivity index (χ1n) is 13.7. The van der Waals surface area contributed by atoms with E-state index in [4.69, 9.17) is 27.8 Å². The molecule has 0 bridgehead atoms. The minimum atomic E-state index is -3.02. The Morgan fingerprint density at radius 3 is 2.47 bits per heavy atom. The molecule has 0 radical (unpaired) electrons. The molecule has 45 heavy (non-hydrogen) atoms. The molecule has 0 spiro atoms. The van der Waals surface area contributed by atoms with E-state index in [-0.39, 0.29) is 46.7 Å². The summed E-state index contributed by atoms with van der Waals surface area (Å²) in [5, 5.41) is 14.1. The van der Waals surface area contributed by atoms with E-state index in [9.17, 15) is 32.3 Å². The Hall–Kier alpha value is -4.30. The number of carbonyl (C=O) groups is 2. The molecule has 3 aromatic rings. The highest BCUT2D eigenvalue weighted by Crippen LogP contribution is 2.52. The largest absolute Gasteiger partial charge is 0.495 e. The van der Waals surface area contributed by atoms with Crippen LogP contribution >= 0.6 is 11.6 Å². The van der Waals surface area contributed by atoms with Crippen LogP contribution in [0.25, 0.3) is 11.3 Å². The maximum atomic E-state index is 16.0. The van der Waals surface area contributed by atoms with Crippen LogP contribution in [0.1, 0.15) is 52.9 Å². The van der Waals surface area contributed by atoms with Gasteiger partial charge in [-0.2, -0.15) is 8.78 Å². The smallest absolute Gasteiger partial charge is 0.331 e. The number of nitrogens with one attached hydrogen (secondary N) is 1. The molecule has 0 aliphatic heterocycles. The molecular formula is C30H27ClF5N5O4. The zero-order valence-electron chi connectivity index (χ0n) is 23.6. The number of aliphatic imine (C=N–C) groups is 1. The van der Waals surface area contributed by atoms with Crippen LogP contribution in [0.2, 0.25) is 5.02 Å². The quantitative estimate of drug-likeness (QED) is 0.0782. The summed E-state index contributed by atoms with van der Waals surface area (Å²) in [6.45, 7) is -3.51. The number of halogens is 6. The molecular weight excluding hydrogens is 625 g/mol. The summed E-state index contributed by atoms with van der Waals surface area (Å²) in [7, 11) is 1.26. The Morgan fingerprint density at radius 1 is 1.20 bits per heavy atom. The van der Waals surface area contributed by atoms with Crippen molar-refractivity contribution in [1.29, 1.82) is 0 Å². The molecule has 6 N–H and O–H groups in total. The maximum absolute atomic E-state index is 16.0. The van der Waals surface area contributed by atoms with Gasteiger partial charge in [0.2, 0.25) is 5.91 Å². The number of amides is 2. The highest BCUT2D eigenvalue weighted by Gasteiger charge is 2.54. The molecule has 1 heterocycles. The van der Waals surface area contributed by atoms with Crippen LogP contribution in [0.3, 0.4) is 0 Å². The van der Waals surface area contributed by atoms with E-state index >= 15 is 4.39 Å². The van der Waals surface area contributed by atoms with Crippen molar-refractivity contribution < 1.29 is 41.4 Å². The van der Waals surface area contributed by atoms with Crippen molar-refractivity contribution in [2.24, 2.45) is 16.6 Å². The first-order valence-corrected chi connectivity index (χ1v) is 14.1. The van der Waals surface area contributed by atoms with E-state index in [0.29, 0.717) is 18.9 Å². The Bertz CT molecular complexity index is 1730. The van der Waals surface area contributed by atoms with Gasteiger partial charge in [-0.3, -0.25) is 9.59 Å². The van der Waals surface area contributed by atoms with Gasteiger partial charge in [-0.25, -0.2) is 23.1 Å². The molecule has 9 nitrogen and oxygen atoms in total. The molecule has 2 amide bonds. The standard InChI is InChI=1S/C30H27ClF5N5O4/c1-45-21-7-13(6-14(24(21)37)11-39-28(35)36)26(42)40-12-30(44,15-2-3-15)22-9-17(29(4-5-29)27(38)43)23(34)25(41-22)16-8-18(31)20(33)10-19(16)32/h6-11,15,28,44H,2-5,12,37H2,1H3,(H2,38,43)(H,40,42)/t30-/m1/s1. The van der Waals surface area contributed by atoms with E-state index in [1.807, 2.05) is 0 Å². The molecule has 1 aromatic heterocycles. The number of methoxy groups -OCH3 is 1. The van der Waals surface area contributed by atoms with Crippen LogP contribution in [-0.2, 0) is 15.8 Å². The van der Waals surface area contributed by atoms with Crippen LogP contribution in [0.15, 0.2) is 35.3 Å². The monoisotopic (exact) mass is 651 g/mol. The van der Waals surface area contributed by atoms with Gasteiger partial charge in [0.15, 0.2) is 5.82 Å². The van der Waals surface area contributed by atoms with Crippen molar-refractivity contribution in [3.05, 3.63) is 75.2 Å². The van der Waals surface area contributed by atoms with E-state index in [0.717, 1.165) is 12.3 Å². The van der Waals surface area contributed by atoms with E-state index in [1.54, 1.807) is 0 Å². The highest BCUT2D eigenvalue weighted by molar-refractivity contribution is 6.31. The molecule has 5 rings (SSSR count). The Balaban J connectivity index is 1.57. The number of nitrogens with zero attached hydrogens (tertiary/aromatic N) is 2. The first kappa shape index (κ1) is 32.1. The lowest BCUT2D eigenvalue weighted by Crippen LogP contribution is -2.43. The van der Waals surface area contributed by atoms with Crippen LogP contribution < -0.4 is 21.5 Å². The van der Waals surface area contributed by atoms with Crippen molar-refractivity contribution in [3.8, 4) is 17.0 Å². The normalized spacial score (nSPS) is 16.9. The van der Waals surface area contributed by atoms with E-state index in [1.165, 1.54) is 25.3 Å². The summed E-state index contributed by atoms with van der Waals surface area (Å²) in [6.07, 6.45) is 2.13. The predicted molar refractivity (Wildman–Crippen MR) is 155 cm³/mol. The van der Waals surface area contributed by atoms with Gasteiger partial charge in [-0.1, -0.05) is 11.6 Å². The zero-order valence-corrected chi connectivity index (χ0v) is 24.4. The molecule has 0 saturated heterocycles. The van der Waals surface area contributed by atoms with Crippen LogP contribution in [0.4, 0.5) is 27.6 Å². The number of anilines is 1. The number of primary amides is 1. The Labute approximate surface area is 258 Å². The second-order valence-electron chi connectivity index (χ2n) is 11.0. The summed E-state index contributed by atoms with van der Waals surface area (Å²) in [5.74, 6) is -5.47. The first-order chi connectivity index (χ1) is 21.2. The third-order valence-corrected chi connectivity index (χ3v) is 8.45. The summed E-state index contributed by atoms with van der Waals surface area (Å²) in [5.41, 5.74) is 6.44. The summed E-state index contributed by atoms with van der Waals surface area (Å²) < 4.78 is 75.5. The number of benzene rings is 2. The molecule has 1 atom stereocenters. The number of nitrogens with two attached hydrogens (primary N) is 2. The maximum Gasteiger partial charge on any atom is 0.331 e. The lowest BCUT2D eigenvalue weighted by Gasteiger charge is -2.30. The number of pyridine rings is 1. The SMILES string of the molecule is COc1cc(C(=O)NC[C@](O)(c2cc(C3(C(N)=O)CC3)c(F)c(-c3cc(Cl)c(F)cc3F)n2)C2CC2)cc(C=NC(F)F)c1N. The van der Waals surface area contributed by atoms with Crippen LogP contribution in [-0.4, -0.2) is 48.3 Å². The van der Waals surface area contributed by atoms with E-state index in [2.05, 4.69) is 15.3 Å². The zero-order chi connectivity index (χ0) is 32.8. The average molecular weight is 652 g/mol. The molecule has 2 saturated carbocycles. The summed E-state index contributed by atoms with van der Waals surface area (Å²) in [6, 6.07) is 4.94. The third-order valence-electron chi connectivity index (χ3n) is 8.16. The average Bonchev–Trinajstić information content (AvgIpc) is 3.91. The molecule has 238 valence electrons. The molecule has 15 heteroatoms. The van der Waals surface area contributed by atoms with Crippen LogP contribution in [0.5, 0.6) is 5.75 Å². The number of alkyl halides is 2. The number of hydrogen-bond donors (Lipinski definition) is 4. The summed E-state index contributed by atoms with van der Waals surface area (Å²) in [4.78, 5) is 32.9. The van der Waals surface area contributed by atoms with Gasteiger partial charge in [-0.05, 0) is 55.9 Å². The lowest BCUT2D eigenvalue weighted by molar-refractivity contribution is -0.120. The van der Waals surface area contributed by atoms with Crippen molar-refractivity contribution in [2.75, 3.05) is 19.4 Å². The highest BCUT2D eigenvalue weighted by atomic mass is 35.5. The molecule has 2 aliphatic carbocycles. The molecule has 2 aliphatic rings. The minimum Gasteiger partial charge on any atom is -0.495 e. The van der Waals surface area contributed by atoms with Crippen molar-refractivity contribution in [1.82, 2.24) is 10.3 Å². The lowest BCUT2D eigenvalue weighted by atomic mass is 9.86. The van der Waals surface area contributed by atoms with Crippen LogP contribution in [0, 0.1) is 23.4 Å². The topological polar surface area (TPSA) is 153 Å². The molecule has 2 fully saturated rings. The second kappa shape index (κ2) is 11.9. The number of nitrogen functional groups attached to an aromatic ring is 1. The number of aromatic nitrogens is 1. The van der Waals surface area contributed by atoms with Gasteiger partial charge in [0.25, 0.3) is 5.91 Å². The Kier molecular flexibility index (Phi) is 8.49. The number of carbonyl (C=O) groups excluding carboxylic acids is 2. The fraction of sp³-hybridized carbons (Fsp3) is 0.333. The van der Waals surface area contributed by atoms with E-state index < -0.39 is 75.6 Å². The second-order valence-corrected chi connectivity index (χ2v) is 11.4.